The zero-order valence-corrected chi connectivity index (χ0v) is 6.59. The largest absolute Gasteiger partial charge is 0.412 e. The van der Waals surface area contributed by atoms with E-state index in [-0.39, 0.29) is 71.5 Å². The topological polar surface area (TPSA) is 31.5 Å². The van der Waals surface area contributed by atoms with Crippen LogP contribution in [0.3, 0.4) is 0 Å². The predicted octanol–water partition coefficient (Wildman–Crippen LogP) is -0.832. The van der Waals surface area contributed by atoms with Crippen molar-refractivity contribution in [1.82, 2.24) is 0 Å². The molecule has 0 spiro atoms. The van der Waals surface area contributed by atoms with Crippen LogP contribution in [0.15, 0.2) is 0 Å². The Hall–Kier alpha value is 2.06. The predicted molar refractivity (Wildman–Crippen MR) is 3.61 cm³/mol. The minimum Gasteiger partial charge on any atom is -0.412 e. The van der Waals surface area contributed by atoms with E-state index < -0.39 is 0 Å². The smallest absolute Gasteiger partial charge is 0 e. The van der Waals surface area contributed by atoms with E-state index in [2.05, 4.69) is 0 Å². The van der Waals surface area contributed by atoms with Gasteiger partial charge in [-0.15, -0.1) is 0 Å². The van der Waals surface area contributed by atoms with Crippen LogP contribution >= 0.6 is 0 Å². The maximum Gasteiger partial charge on any atom is 0 e. The van der Waals surface area contributed by atoms with Gasteiger partial charge in [-0.3, -0.25) is 0 Å². The minimum atomic E-state index is 0. The fourth-order valence-electron chi connectivity index (χ4n) is 0. The zero-order chi connectivity index (χ0) is 0. The van der Waals surface area contributed by atoms with Crippen LogP contribution in [-0.4, -0.2) is 5.48 Å². The maximum atomic E-state index is 0. The number of hydrogen-bond acceptors (Lipinski definition) is 0. The van der Waals surface area contributed by atoms with Crippen molar-refractivity contribution >= 4 is 0 Å². The van der Waals surface area contributed by atoms with Crippen molar-refractivity contribution < 1.29 is 71.5 Å². The van der Waals surface area contributed by atoms with Crippen molar-refractivity contribution in [2.75, 3.05) is 0 Å². The van der Waals surface area contributed by atoms with E-state index >= 15 is 0 Å². The molecule has 0 aromatic heterocycles. The number of hydrogen-bond donors (Lipinski definition) is 0. The van der Waals surface area contributed by atoms with Gasteiger partial charge in [0.05, 0.1) is 0 Å². The van der Waals surface area contributed by atoms with Gasteiger partial charge in [-0.1, -0.05) is 0 Å². The van der Waals surface area contributed by atoms with Crippen molar-refractivity contribution in [2.45, 2.75) is 0 Å². The molecule has 0 unspecified atom stereocenters. The van der Waals surface area contributed by atoms with Crippen molar-refractivity contribution in [1.29, 1.82) is 0 Å². The summed E-state index contributed by atoms with van der Waals surface area (Å²) in [7, 11) is 0. The van der Waals surface area contributed by atoms with Crippen LogP contribution in [0.25, 0.3) is 0 Å². The average Bonchev–Trinajstić information content (AvgIpc) is 0. The third kappa shape index (κ3) is 8.96. The molecule has 0 atom stereocenters. The van der Waals surface area contributed by atoms with E-state index in [1.54, 1.807) is 0 Å². The molecule has 30 valence electrons. The summed E-state index contributed by atoms with van der Waals surface area (Å²) in [4.78, 5) is 0. The standard InChI is InChI=1S/Co.Ni.H2O.Y/h;;1H2;. The van der Waals surface area contributed by atoms with Crippen molar-refractivity contribution in [3.8, 4) is 0 Å². The van der Waals surface area contributed by atoms with E-state index in [1.807, 2.05) is 0 Å². The first kappa shape index (κ1) is 36.5. The molecule has 4 heteroatoms. The van der Waals surface area contributed by atoms with Crippen molar-refractivity contribution in [3.63, 3.8) is 0 Å². The Morgan fingerprint density at radius 1 is 1.00 bits per heavy atom. The fourth-order valence-corrected chi connectivity index (χ4v) is 0. The Balaban J connectivity index is 0. The van der Waals surface area contributed by atoms with Crippen LogP contribution in [-0.2, 0) is 66.0 Å². The van der Waals surface area contributed by atoms with Crippen LogP contribution in [0, 0.1) is 0 Å². The molecule has 0 amide bonds. The molecule has 0 aliphatic heterocycles. The second-order valence-electron chi connectivity index (χ2n) is 0. The molecule has 2 radical (unpaired) electrons. The third-order valence-electron chi connectivity index (χ3n) is 0. The van der Waals surface area contributed by atoms with Crippen molar-refractivity contribution in [3.05, 3.63) is 0 Å². The van der Waals surface area contributed by atoms with E-state index in [9.17, 15) is 0 Å². The molecule has 0 bridgehead atoms. The number of rotatable bonds is 0. The quantitative estimate of drug-likeness (QED) is 0.481. The van der Waals surface area contributed by atoms with Gasteiger partial charge in [-0.2, -0.15) is 0 Å². The monoisotopic (exact) mass is 224 g/mol. The molecule has 0 saturated heterocycles. The van der Waals surface area contributed by atoms with Crippen LogP contribution < -0.4 is 0 Å². The normalized spacial score (nSPS) is 0. The molecule has 4 heavy (non-hydrogen) atoms. The molecule has 0 aliphatic carbocycles. The summed E-state index contributed by atoms with van der Waals surface area (Å²) in [5.74, 6) is 0. The first-order valence-electron chi connectivity index (χ1n) is 0. The van der Waals surface area contributed by atoms with Gasteiger partial charge in [0, 0.05) is 66.0 Å². The SMILES string of the molecule is O.[Co].[Ni].[Y]. The zero-order valence-electron chi connectivity index (χ0n) is 1.73. The molecule has 2 N–H and O–H groups in total. The molecule has 0 aromatic rings. The van der Waals surface area contributed by atoms with Crippen LogP contribution in [0.5, 0.6) is 0 Å². The minimum absolute atomic E-state index is 0. The maximum absolute atomic E-state index is 0. The summed E-state index contributed by atoms with van der Waals surface area (Å²) in [5.41, 5.74) is 0. The second kappa shape index (κ2) is 19.6. The fraction of sp³-hybridized carbons (Fsp3) is 0. The summed E-state index contributed by atoms with van der Waals surface area (Å²) in [5, 5.41) is 0. The molecular weight excluding hydrogens is 223 g/mol. The van der Waals surface area contributed by atoms with Crippen LogP contribution in [0.2, 0.25) is 0 Å². The summed E-state index contributed by atoms with van der Waals surface area (Å²) in [6, 6.07) is 0. The van der Waals surface area contributed by atoms with Crippen molar-refractivity contribution in [2.24, 2.45) is 0 Å². The Labute approximate surface area is 70.6 Å². The van der Waals surface area contributed by atoms with Gasteiger partial charge < -0.3 is 5.48 Å². The summed E-state index contributed by atoms with van der Waals surface area (Å²) < 4.78 is 0. The van der Waals surface area contributed by atoms with Gasteiger partial charge >= 0.3 is 0 Å². The van der Waals surface area contributed by atoms with Gasteiger partial charge in [0.2, 0.25) is 0 Å². The van der Waals surface area contributed by atoms with E-state index in [0.717, 1.165) is 0 Å². The van der Waals surface area contributed by atoms with Gasteiger partial charge in [-0.25, -0.2) is 0 Å². The van der Waals surface area contributed by atoms with Gasteiger partial charge in [0.25, 0.3) is 0 Å². The molecule has 0 heterocycles. The van der Waals surface area contributed by atoms with Gasteiger partial charge in [-0.05, 0) is 0 Å². The molecule has 0 saturated carbocycles. The molecule has 0 rings (SSSR count). The van der Waals surface area contributed by atoms with Gasteiger partial charge in [0.15, 0.2) is 0 Å². The third-order valence-corrected chi connectivity index (χ3v) is 0. The van der Waals surface area contributed by atoms with Gasteiger partial charge in [0.1, 0.15) is 0 Å². The van der Waals surface area contributed by atoms with Crippen LogP contribution in [0.1, 0.15) is 0 Å². The van der Waals surface area contributed by atoms with E-state index in [4.69, 9.17) is 0 Å². The van der Waals surface area contributed by atoms with E-state index in [0.29, 0.717) is 0 Å². The Kier molecular flexibility index (Phi) is 179. The van der Waals surface area contributed by atoms with Crippen LogP contribution in [0.4, 0.5) is 0 Å². The first-order chi connectivity index (χ1) is 0. The Morgan fingerprint density at radius 2 is 1.00 bits per heavy atom. The summed E-state index contributed by atoms with van der Waals surface area (Å²) in [6.07, 6.45) is 0. The summed E-state index contributed by atoms with van der Waals surface area (Å²) in [6.45, 7) is 0. The molecule has 0 fully saturated rings. The Morgan fingerprint density at radius 3 is 1.00 bits per heavy atom. The first-order valence-corrected chi connectivity index (χ1v) is 0. The summed E-state index contributed by atoms with van der Waals surface area (Å²) >= 11 is 0. The molecule has 0 aromatic carbocycles. The Bertz CT molecular complexity index is 8.00. The molecular formula is H2CoNiOY. The average molecular weight is 225 g/mol. The molecule has 0 aliphatic rings. The second-order valence-corrected chi connectivity index (χ2v) is 0. The molecule has 1 nitrogen and oxygen atoms in total. The van der Waals surface area contributed by atoms with E-state index in [1.165, 1.54) is 0 Å².